The highest BCUT2D eigenvalue weighted by atomic mass is 15.4. The van der Waals surface area contributed by atoms with Crippen molar-refractivity contribution >= 4 is 0 Å². The van der Waals surface area contributed by atoms with E-state index in [4.69, 9.17) is 5.73 Å². The SMILES string of the molecule is NCc1cn(CCCCCNC2CC2)nn1. The Morgan fingerprint density at radius 2 is 2.25 bits per heavy atom. The molecule has 0 aliphatic heterocycles. The molecule has 1 saturated carbocycles. The summed E-state index contributed by atoms with van der Waals surface area (Å²) in [6, 6.07) is 0.836. The molecule has 3 N–H and O–H groups in total. The zero-order chi connectivity index (χ0) is 11.2. The standard InChI is InChI=1S/C11H21N5/c12-8-11-9-16(15-14-11)7-3-1-2-6-13-10-4-5-10/h9-10,13H,1-8,12H2. The summed E-state index contributed by atoms with van der Waals surface area (Å²) in [5, 5.41) is 11.5. The Kier molecular flexibility index (Phi) is 4.30. The van der Waals surface area contributed by atoms with Gasteiger partial charge < -0.3 is 11.1 Å². The molecule has 0 spiro atoms. The Bertz CT molecular complexity index is 305. The minimum atomic E-state index is 0.477. The smallest absolute Gasteiger partial charge is 0.0962 e. The first-order chi connectivity index (χ1) is 7.88. The van der Waals surface area contributed by atoms with Gasteiger partial charge in [-0.05, 0) is 32.2 Å². The summed E-state index contributed by atoms with van der Waals surface area (Å²) in [5.74, 6) is 0. The summed E-state index contributed by atoms with van der Waals surface area (Å²) in [5.41, 5.74) is 6.34. The van der Waals surface area contributed by atoms with Crippen LogP contribution < -0.4 is 11.1 Å². The van der Waals surface area contributed by atoms with Crippen LogP contribution in [0.25, 0.3) is 0 Å². The van der Waals surface area contributed by atoms with E-state index in [9.17, 15) is 0 Å². The van der Waals surface area contributed by atoms with Crippen LogP contribution in [0.3, 0.4) is 0 Å². The van der Waals surface area contributed by atoms with Gasteiger partial charge in [0.1, 0.15) is 0 Å². The zero-order valence-corrected chi connectivity index (χ0v) is 9.73. The average Bonchev–Trinajstić information content (AvgIpc) is 3.01. The van der Waals surface area contributed by atoms with Crippen LogP contribution in [0.1, 0.15) is 37.8 Å². The summed E-state index contributed by atoms with van der Waals surface area (Å²) in [7, 11) is 0. The fourth-order valence-corrected chi connectivity index (χ4v) is 1.71. The number of nitrogens with zero attached hydrogens (tertiary/aromatic N) is 3. The van der Waals surface area contributed by atoms with Crippen LogP contribution in [0.5, 0.6) is 0 Å². The van der Waals surface area contributed by atoms with E-state index in [0.717, 1.165) is 24.8 Å². The molecule has 1 fully saturated rings. The summed E-state index contributed by atoms with van der Waals surface area (Å²) < 4.78 is 1.89. The molecule has 1 heterocycles. The van der Waals surface area contributed by atoms with E-state index in [2.05, 4.69) is 15.6 Å². The first-order valence-corrected chi connectivity index (χ1v) is 6.21. The van der Waals surface area contributed by atoms with Gasteiger partial charge in [0.25, 0.3) is 0 Å². The van der Waals surface area contributed by atoms with Gasteiger partial charge in [0.2, 0.25) is 0 Å². The molecule has 0 radical (unpaired) electrons. The molecular formula is C11H21N5. The number of aryl methyl sites for hydroxylation is 1. The van der Waals surface area contributed by atoms with Crippen LogP contribution in [-0.2, 0) is 13.1 Å². The predicted molar refractivity (Wildman–Crippen MR) is 62.8 cm³/mol. The summed E-state index contributed by atoms with van der Waals surface area (Å²) >= 11 is 0. The second-order valence-electron chi connectivity index (χ2n) is 4.47. The molecule has 16 heavy (non-hydrogen) atoms. The van der Waals surface area contributed by atoms with E-state index in [1.54, 1.807) is 0 Å². The summed E-state index contributed by atoms with van der Waals surface area (Å²) in [6.07, 6.45) is 8.36. The zero-order valence-electron chi connectivity index (χ0n) is 9.73. The van der Waals surface area contributed by atoms with Crippen molar-refractivity contribution in [3.05, 3.63) is 11.9 Å². The molecule has 1 aromatic heterocycles. The molecule has 0 aromatic carbocycles. The molecule has 0 saturated heterocycles. The minimum absolute atomic E-state index is 0.477. The van der Waals surface area contributed by atoms with Crippen molar-refractivity contribution in [2.75, 3.05) is 6.54 Å². The molecule has 2 rings (SSSR count). The second-order valence-corrected chi connectivity index (χ2v) is 4.47. The van der Waals surface area contributed by atoms with Gasteiger partial charge in [0.15, 0.2) is 0 Å². The molecule has 0 amide bonds. The molecule has 90 valence electrons. The number of nitrogens with two attached hydrogens (primary N) is 1. The molecule has 1 aliphatic carbocycles. The molecule has 1 aromatic rings. The van der Waals surface area contributed by atoms with E-state index in [1.165, 1.54) is 32.1 Å². The van der Waals surface area contributed by atoms with Crippen LogP contribution in [0.15, 0.2) is 6.20 Å². The van der Waals surface area contributed by atoms with Crippen molar-refractivity contribution in [3.63, 3.8) is 0 Å². The lowest BCUT2D eigenvalue weighted by molar-refractivity contribution is 0.517. The van der Waals surface area contributed by atoms with Gasteiger partial charge in [-0.25, -0.2) is 0 Å². The van der Waals surface area contributed by atoms with Gasteiger partial charge >= 0.3 is 0 Å². The van der Waals surface area contributed by atoms with Gasteiger partial charge in [-0.1, -0.05) is 11.6 Å². The van der Waals surface area contributed by atoms with Gasteiger partial charge in [0, 0.05) is 25.3 Å². The number of unbranched alkanes of at least 4 members (excludes halogenated alkanes) is 2. The Labute approximate surface area is 96.4 Å². The Morgan fingerprint density at radius 3 is 2.94 bits per heavy atom. The summed E-state index contributed by atoms with van der Waals surface area (Å²) in [4.78, 5) is 0. The first kappa shape index (κ1) is 11.5. The number of rotatable bonds is 8. The number of aromatic nitrogens is 3. The van der Waals surface area contributed by atoms with Crippen molar-refractivity contribution in [1.82, 2.24) is 20.3 Å². The highest BCUT2D eigenvalue weighted by Gasteiger charge is 2.19. The number of nitrogens with one attached hydrogen (secondary N) is 1. The third-order valence-corrected chi connectivity index (χ3v) is 2.87. The van der Waals surface area contributed by atoms with Crippen LogP contribution >= 0.6 is 0 Å². The maximum Gasteiger partial charge on any atom is 0.0962 e. The van der Waals surface area contributed by atoms with Crippen molar-refractivity contribution in [2.24, 2.45) is 5.73 Å². The molecule has 5 heteroatoms. The van der Waals surface area contributed by atoms with Gasteiger partial charge in [-0.15, -0.1) is 5.10 Å². The monoisotopic (exact) mass is 223 g/mol. The maximum atomic E-state index is 5.47. The van der Waals surface area contributed by atoms with Crippen LogP contribution in [-0.4, -0.2) is 27.6 Å². The molecule has 0 atom stereocenters. The normalized spacial score (nSPS) is 15.6. The Hall–Kier alpha value is -0.940. The molecule has 0 bridgehead atoms. The quantitative estimate of drug-likeness (QED) is 0.635. The second kappa shape index (κ2) is 5.96. The van der Waals surface area contributed by atoms with Crippen molar-refractivity contribution in [1.29, 1.82) is 0 Å². The van der Waals surface area contributed by atoms with Gasteiger partial charge in [0.05, 0.1) is 5.69 Å². The van der Waals surface area contributed by atoms with Crippen molar-refractivity contribution in [3.8, 4) is 0 Å². The predicted octanol–water partition coefficient (Wildman–Crippen LogP) is 0.659. The van der Waals surface area contributed by atoms with Crippen LogP contribution in [0.2, 0.25) is 0 Å². The van der Waals surface area contributed by atoms with Crippen molar-refractivity contribution in [2.45, 2.75) is 51.2 Å². The molecule has 1 aliphatic rings. The summed E-state index contributed by atoms with van der Waals surface area (Å²) in [6.45, 7) is 2.60. The van der Waals surface area contributed by atoms with Gasteiger partial charge in [-0.3, -0.25) is 4.68 Å². The molecule has 0 unspecified atom stereocenters. The third kappa shape index (κ3) is 3.90. The van der Waals surface area contributed by atoms with Crippen LogP contribution in [0, 0.1) is 0 Å². The maximum absolute atomic E-state index is 5.47. The highest BCUT2D eigenvalue weighted by Crippen LogP contribution is 2.18. The fourth-order valence-electron chi connectivity index (χ4n) is 1.71. The highest BCUT2D eigenvalue weighted by molar-refractivity contribution is 4.90. The Balaban J connectivity index is 1.49. The van der Waals surface area contributed by atoms with E-state index in [0.29, 0.717) is 6.54 Å². The van der Waals surface area contributed by atoms with E-state index in [-0.39, 0.29) is 0 Å². The van der Waals surface area contributed by atoms with E-state index in [1.807, 2.05) is 10.9 Å². The minimum Gasteiger partial charge on any atom is -0.325 e. The number of hydrogen-bond donors (Lipinski definition) is 2. The van der Waals surface area contributed by atoms with Crippen molar-refractivity contribution < 1.29 is 0 Å². The molecule has 5 nitrogen and oxygen atoms in total. The lowest BCUT2D eigenvalue weighted by Crippen LogP contribution is -2.17. The topological polar surface area (TPSA) is 68.8 Å². The largest absolute Gasteiger partial charge is 0.325 e. The van der Waals surface area contributed by atoms with Crippen LogP contribution in [0.4, 0.5) is 0 Å². The Morgan fingerprint density at radius 1 is 1.38 bits per heavy atom. The van der Waals surface area contributed by atoms with Gasteiger partial charge in [-0.2, -0.15) is 0 Å². The van der Waals surface area contributed by atoms with E-state index < -0.39 is 0 Å². The lowest BCUT2D eigenvalue weighted by atomic mass is 10.2. The third-order valence-electron chi connectivity index (χ3n) is 2.87. The van der Waals surface area contributed by atoms with E-state index >= 15 is 0 Å². The fraction of sp³-hybridized carbons (Fsp3) is 0.818. The lowest BCUT2D eigenvalue weighted by Gasteiger charge is -2.02. The molecular weight excluding hydrogens is 202 g/mol. The first-order valence-electron chi connectivity index (χ1n) is 6.21. The number of hydrogen-bond acceptors (Lipinski definition) is 4. The average molecular weight is 223 g/mol.